The van der Waals surface area contributed by atoms with Crippen molar-refractivity contribution in [1.82, 2.24) is 15.1 Å². The zero-order valence-corrected chi connectivity index (χ0v) is 16.1. The summed E-state index contributed by atoms with van der Waals surface area (Å²) in [6.45, 7) is 3.23. The van der Waals surface area contributed by atoms with Gasteiger partial charge in [-0.15, -0.1) is 0 Å². The van der Waals surface area contributed by atoms with Crippen LogP contribution in [0.3, 0.4) is 0 Å². The molecule has 146 valence electrons. The fraction of sp³-hybridized carbons (Fsp3) is 0.571. The molecule has 6 heteroatoms. The lowest BCUT2D eigenvalue weighted by Crippen LogP contribution is -2.45. The summed E-state index contributed by atoms with van der Waals surface area (Å²) in [6.07, 6.45) is 7.24. The third-order valence-corrected chi connectivity index (χ3v) is 5.58. The summed E-state index contributed by atoms with van der Waals surface area (Å²) in [6, 6.07) is 7.32. The summed E-state index contributed by atoms with van der Waals surface area (Å²) in [4.78, 5) is 25.8. The molecule has 1 aromatic carbocycles. The second-order valence-corrected chi connectivity index (χ2v) is 7.49. The molecule has 2 atom stereocenters. The summed E-state index contributed by atoms with van der Waals surface area (Å²) in [5.41, 5.74) is 6.11. The van der Waals surface area contributed by atoms with Crippen molar-refractivity contribution in [2.45, 2.75) is 64.5 Å². The molecule has 1 aliphatic rings. The SMILES string of the molecule is CCCCCn1nc(C(=O)NC2CCCCC2CN)c2ccccc2c1=O. The number of carbonyl (C=O) groups is 1. The zero-order valence-electron chi connectivity index (χ0n) is 16.1. The Bertz CT molecular complexity index is 846. The number of hydrogen-bond donors (Lipinski definition) is 2. The molecule has 1 heterocycles. The first-order chi connectivity index (χ1) is 13.2. The molecule has 3 rings (SSSR count). The van der Waals surface area contributed by atoms with Gasteiger partial charge in [0, 0.05) is 18.0 Å². The maximum atomic E-state index is 13.1. The molecule has 1 aliphatic carbocycles. The number of amides is 1. The maximum Gasteiger partial charge on any atom is 0.274 e. The normalized spacial score (nSPS) is 19.9. The number of nitrogens with two attached hydrogens (primary N) is 1. The highest BCUT2D eigenvalue weighted by atomic mass is 16.2. The molecule has 0 saturated heterocycles. The van der Waals surface area contributed by atoms with Crippen LogP contribution in [0.1, 0.15) is 62.4 Å². The summed E-state index contributed by atoms with van der Waals surface area (Å²) in [7, 11) is 0. The highest BCUT2D eigenvalue weighted by Crippen LogP contribution is 2.24. The average Bonchev–Trinajstić information content (AvgIpc) is 2.70. The number of nitrogens with one attached hydrogen (secondary N) is 1. The van der Waals surface area contributed by atoms with Gasteiger partial charge in [0.1, 0.15) is 0 Å². The second kappa shape index (κ2) is 9.13. The molecule has 6 nitrogen and oxygen atoms in total. The van der Waals surface area contributed by atoms with Gasteiger partial charge in [0.25, 0.3) is 11.5 Å². The largest absolute Gasteiger partial charge is 0.348 e. The molecular formula is C21H30N4O2. The Labute approximate surface area is 160 Å². The van der Waals surface area contributed by atoms with Crippen LogP contribution < -0.4 is 16.6 Å². The van der Waals surface area contributed by atoms with E-state index in [4.69, 9.17) is 5.73 Å². The number of benzene rings is 1. The number of nitrogens with zero attached hydrogens (tertiary/aromatic N) is 2. The summed E-state index contributed by atoms with van der Waals surface area (Å²) in [5, 5.41) is 8.76. The number of carbonyl (C=O) groups excluding carboxylic acids is 1. The van der Waals surface area contributed by atoms with Gasteiger partial charge in [-0.05, 0) is 37.8 Å². The van der Waals surface area contributed by atoms with Gasteiger partial charge in [-0.2, -0.15) is 5.10 Å². The minimum absolute atomic E-state index is 0.0808. The van der Waals surface area contributed by atoms with Crippen molar-refractivity contribution in [3.8, 4) is 0 Å². The molecule has 3 N–H and O–H groups in total. The van der Waals surface area contributed by atoms with Crippen molar-refractivity contribution in [3.05, 3.63) is 40.3 Å². The first-order valence-corrected chi connectivity index (χ1v) is 10.2. The van der Waals surface area contributed by atoms with E-state index in [1.165, 1.54) is 4.68 Å². The van der Waals surface area contributed by atoms with Crippen LogP contribution in [0.5, 0.6) is 0 Å². The molecule has 0 aliphatic heterocycles. The molecule has 2 unspecified atom stereocenters. The topological polar surface area (TPSA) is 90.0 Å². The Balaban J connectivity index is 1.93. The predicted octanol–water partition coefficient (Wildman–Crippen LogP) is 2.83. The van der Waals surface area contributed by atoms with E-state index >= 15 is 0 Å². The van der Waals surface area contributed by atoms with Crippen LogP contribution in [0.15, 0.2) is 29.1 Å². The number of aryl methyl sites for hydroxylation is 1. The van der Waals surface area contributed by atoms with Crippen molar-refractivity contribution in [3.63, 3.8) is 0 Å². The molecule has 2 aromatic rings. The summed E-state index contributed by atoms with van der Waals surface area (Å²) in [5.74, 6) is 0.102. The number of hydrogen-bond acceptors (Lipinski definition) is 4. The van der Waals surface area contributed by atoms with Crippen LogP contribution in [0.2, 0.25) is 0 Å². The van der Waals surface area contributed by atoms with E-state index in [0.717, 1.165) is 44.9 Å². The molecule has 0 radical (unpaired) electrons. The molecule has 0 spiro atoms. The Morgan fingerprint density at radius 3 is 2.70 bits per heavy atom. The number of unbranched alkanes of at least 4 members (excludes halogenated alkanes) is 2. The predicted molar refractivity (Wildman–Crippen MR) is 108 cm³/mol. The molecule has 0 bridgehead atoms. The fourth-order valence-corrected chi connectivity index (χ4v) is 3.98. The maximum absolute atomic E-state index is 13.1. The quantitative estimate of drug-likeness (QED) is 0.733. The number of rotatable bonds is 7. The van der Waals surface area contributed by atoms with Crippen LogP contribution in [0.4, 0.5) is 0 Å². The van der Waals surface area contributed by atoms with Crippen molar-refractivity contribution in [1.29, 1.82) is 0 Å². The van der Waals surface area contributed by atoms with E-state index in [-0.39, 0.29) is 17.5 Å². The average molecular weight is 370 g/mol. The minimum Gasteiger partial charge on any atom is -0.348 e. The standard InChI is InChI=1S/C21H30N4O2/c1-2-3-8-13-25-21(27)17-11-6-5-10-16(17)19(24-25)20(26)23-18-12-7-4-9-15(18)14-22/h5-6,10-11,15,18H,2-4,7-9,12-14,22H2,1H3,(H,23,26). The lowest BCUT2D eigenvalue weighted by Gasteiger charge is -2.31. The molecule has 1 saturated carbocycles. The lowest BCUT2D eigenvalue weighted by atomic mass is 9.84. The van der Waals surface area contributed by atoms with E-state index in [2.05, 4.69) is 17.3 Å². The van der Waals surface area contributed by atoms with Crippen LogP contribution in [0, 0.1) is 5.92 Å². The Hall–Kier alpha value is -2.21. The van der Waals surface area contributed by atoms with E-state index < -0.39 is 0 Å². The van der Waals surface area contributed by atoms with Crippen LogP contribution in [-0.2, 0) is 6.54 Å². The van der Waals surface area contributed by atoms with Gasteiger partial charge in [-0.25, -0.2) is 4.68 Å². The number of aromatic nitrogens is 2. The fourth-order valence-electron chi connectivity index (χ4n) is 3.98. The third kappa shape index (κ3) is 4.38. The smallest absolute Gasteiger partial charge is 0.274 e. The Morgan fingerprint density at radius 2 is 1.96 bits per heavy atom. The first-order valence-electron chi connectivity index (χ1n) is 10.2. The van der Waals surface area contributed by atoms with E-state index in [1.54, 1.807) is 12.1 Å². The van der Waals surface area contributed by atoms with Gasteiger partial charge < -0.3 is 11.1 Å². The van der Waals surface area contributed by atoms with E-state index in [1.807, 2.05) is 12.1 Å². The monoisotopic (exact) mass is 370 g/mol. The van der Waals surface area contributed by atoms with Gasteiger partial charge in [0.05, 0.1) is 5.39 Å². The lowest BCUT2D eigenvalue weighted by molar-refractivity contribution is 0.0902. The summed E-state index contributed by atoms with van der Waals surface area (Å²) >= 11 is 0. The highest BCUT2D eigenvalue weighted by Gasteiger charge is 2.27. The van der Waals surface area contributed by atoms with Crippen molar-refractivity contribution in [2.24, 2.45) is 11.7 Å². The van der Waals surface area contributed by atoms with E-state index in [9.17, 15) is 9.59 Å². The van der Waals surface area contributed by atoms with Gasteiger partial charge in [-0.3, -0.25) is 9.59 Å². The van der Waals surface area contributed by atoms with Gasteiger partial charge in [0.2, 0.25) is 0 Å². The molecule has 27 heavy (non-hydrogen) atoms. The number of fused-ring (bicyclic) bond motifs is 1. The summed E-state index contributed by atoms with van der Waals surface area (Å²) < 4.78 is 1.45. The van der Waals surface area contributed by atoms with Crippen molar-refractivity contribution < 1.29 is 4.79 Å². The molecular weight excluding hydrogens is 340 g/mol. The molecule has 1 fully saturated rings. The highest BCUT2D eigenvalue weighted by molar-refractivity contribution is 6.04. The Morgan fingerprint density at radius 1 is 1.22 bits per heavy atom. The van der Waals surface area contributed by atoms with Crippen LogP contribution in [-0.4, -0.2) is 28.3 Å². The molecule has 1 amide bonds. The Kier molecular flexibility index (Phi) is 6.61. The van der Waals surface area contributed by atoms with Gasteiger partial charge in [0.15, 0.2) is 5.69 Å². The van der Waals surface area contributed by atoms with E-state index in [0.29, 0.717) is 35.5 Å². The third-order valence-electron chi connectivity index (χ3n) is 5.58. The zero-order chi connectivity index (χ0) is 19.2. The second-order valence-electron chi connectivity index (χ2n) is 7.49. The van der Waals surface area contributed by atoms with Crippen molar-refractivity contribution in [2.75, 3.05) is 6.54 Å². The van der Waals surface area contributed by atoms with Crippen LogP contribution >= 0.6 is 0 Å². The minimum atomic E-state index is -0.208. The molecule has 1 aromatic heterocycles. The van der Waals surface area contributed by atoms with Crippen molar-refractivity contribution >= 4 is 16.7 Å². The van der Waals surface area contributed by atoms with Gasteiger partial charge >= 0.3 is 0 Å². The van der Waals surface area contributed by atoms with Crippen LogP contribution in [0.25, 0.3) is 10.8 Å². The van der Waals surface area contributed by atoms with Gasteiger partial charge in [-0.1, -0.05) is 50.8 Å². The first kappa shape index (κ1) is 19.5.